The first kappa shape index (κ1) is 23.7. The summed E-state index contributed by atoms with van der Waals surface area (Å²) in [5.74, 6) is 3.67. The molecule has 3 aliphatic rings. The number of halogens is 1. The fourth-order valence-corrected chi connectivity index (χ4v) is 5.60. The van der Waals surface area contributed by atoms with Gasteiger partial charge in [0.15, 0.2) is 6.61 Å². The lowest BCUT2D eigenvalue weighted by Crippen LogP contribution is -2.45. The van der Waals surface area contributed by atoms with Crippen LogP contribution in [0.1, 0.15) is 44.9 Å². The number of aliphatic hydroxyl groups excluding tert-OH is 1. The third kappa shape index (κ3) is 5.36. The molecule has 33 heavy (non-hydrogen) atoms. The molecule has 0 unspecified atom stereocenters. The maximum absolute atomic E-state index is 13.3. The summed E-state index contributed by atoms with van der Waals surface area (Å²) >= 11 is 6.45. The molecule has 3 heterocycles. The normalized spacial score (nSPS) is 24.6. The Balaban J connectivity index is 1.32. The number of aromatic nitrogens is 1. The molecule has 0 atom stereocenters. The summed E-state index contributed by atoms with van der Waals surface area (Å²) < 4.78 is 4.79. The number of carbonyl (C=O) groups is 2. The molecule has 1 saturated carbocycles. The molecule has 4 rings (SSSR count). The number of hydrogen-bond donors (Lipinski definition) is 2. The van der Waals surface area contributed by atoms with Crippen LogP contribution in [-0.4, -0.2) is 65.9 Å². The Bertz CT molecular complexity index is 918. The van der Waals surface area contributed by atoms with E-state index in [1.54, 1.807) is 6.07 Å². The summed E-state index contributed by atoms with van der Waals surface area (Å²) in [5, 5.41) is 12.7. The van der Waals surface area contributed by atoms with E-state index in [0.29, 0.717) is 35.5 Å². The Hall–Kier alpha value is -2.50. The molecule has 2 amide bonds. The van der Waals surface area contributed by atoms with Crippen LogP contribution in [0.2, 0.25) is 5.02 Å². The molecule has 1 spiro atoms. The third-order valence-electron chi connectivity index (χ3n) is 7.27. The number of aliphatic hydroxyl groups is 1. The number of pyridine rings is 1. The van der Waals surface area contributed by atoms with Crippen LogP contribution in [0, 0.1) is 23.7 Å². The molecule has 1 aromatic heterocycles. The van der Waals surface area contributed by atoms with Crippen molar-refractivity contribution in [2.45, 2.75) is 51.0 Å². The van der Waals surface area contributed by atoms with E-state index < -0.39 is 6.09 Å². The molecule has 0 radical (unpaired) electrons. The van der Waals surface area contributed by atoms with Crippen LogP contribution in [0.15, 0.2) is 12.3 Å². The van der Waals surface area contributed by atoms with E-state index >= 15 is 0 Å². The van der Waals surface area contributed by atoms with Crippen molar-refractivity contribution in [3.05, 3.63) is 17.3 Å². The van der Waals surface area contributed by atoms with Crippen LogP contribution in [0.3, 0.4) is 0 Å². The highest BCUT2D eigenvalue weighted by atomic mass is 35.5. The lowest BCUT2D eigenvalue weighted by Gasteiger charge is -2.39. The van der Waals surface area contributed by atoms with Gasteiger partial charge in [-0.05, 0) is 56.9 Å². The van der Waals surface area contributed by atoms with Crippen molar-refractivity contribution in [1.29, 1.82) is 0 Å². The van der Waals surface area contributed by atoms with Crippen molar-refractivity contribution in [1.82, 2.24) is 9.88 Å². The standard InChI is InChI=1S/C24H31ClN4O4/c1-2-13-33-23(32)27-18-14-20(25)21(26-15-18)28-10-7-24(8-11-28)9-12-29(22(24)31)16-17-3-5-19(30)6-4-17/h1,14-15,17,19,30H,3-13,16H2,(H,27,32). The van der Waals surface area contributed by atoms with Crippen molar-refractivity contribution in [3.63, 3.8) is 0 Å². The molecule has 178 valence electrons. The fraction of sp³-hybridized carbons (Fsp3) is 0.625. The first-order valence-electron chi connectivity index (χ1n) is 11.7. The fourth-order valence-electron chi connectivity index (χ4n) is 5.31. The van der Waals surface area contributed by atoms with Gasteiger partial charge in [0, 0.05) is 26.2 Å². The summed E-state index contributed by atoms with van der Waals surface area (Å²) in [6.45, 7) is 2.95. The number of nitrogens with one attached hydrogen (secondary N) is 1. The Kier molecular flexibility index (Phi) is 7.30. The molecule has 2 aliphatic heterocycles. The van der Waals surface area contributed by atoms with Crippen molar-refractivity contribution in [2.24, 2.45) is 11.3 Å². The molecule has 0 aromatic carbocycles. The van der Waals surface area contributed by atoms with Crippen molar-refractivity contribution in [2.75, 3.05) is 43.0 Å². The molecule has 2 saturated heterocycles. The van der Waals surface area contributed by atoms with Gasteiger partial charge in [0.1, 0.15) is 5.82 Å². The van der Waals surface area contributed by atoms with E-state index in [4.69, 9.17) is 22.8 Å². The van der Waals surface area contributed by atoms with Gasteiger partial charge in [-0.2, -0.15) is 0 Å². The number of anilines is 2. The number of likely N-dealkylation sites (tertiary alicyclic amines) is 1. The minimum Gasteiger partial charge on any atom is -0.436 e. The minimum absolute atomic E-state index is 0.111. The smallest absolute Gasteiger partial charge is 0.412 e. The summed E-state index contributed by atoms with van der Waals surface area (Å²) in [4.78, 5) is 33.6. The Morgan fingerprint density at radius 1 is 1.27 bits per heavy atom. The Morgan fingerprint density at radius 3 is 2.64 bits per heavy atom. The zero-order valence-electron chi connectivity index (χ0n) is 18.8. The molecular formula is C24H31ClN4O4. The molecule has 3 fully saturated rings. The average Bonchev–Trinajstić information content (AvgIpc) is 3.10. The highest BCUT2D eigenvalue weighted by Gasteiger charge is 2.48. The maximum atomic E-state index is 13.3. The van der Waals surface area contributed by atoms with Crippen molar-refractivity contribution < 1.29 is 19.4 Å². The SMILES string of the molecule is C#CCOC(=O)Nc1cnc(N2CCC3(CCN(CC4CCC(O)CC4)C3=O)CC2)c(Cl)c1. The number of nitrogens with zero attached hydrogens (tertiary/aromatic N) is 3. The molecule has 2 N–H and O–H groups in total. The molecule has 0 bridgehead atoms. The van der Waals surface area contributed by atoms with Gasteiger partial charge in [0.25, 0.3) is 0 Å². The minimum atomic E-state index is -0.660. The van der Waals surface area contributed by atoms with Gasteiger partial charge in [0.2, 0.25) is 5.91 Å². The quantitative estimate of drug-likeness (QED) is 0.636. The molecule has 8 nitrogen and oxygen atoms in total. The van der Waals surface area contributed by atoms with Gasteiger partial charge >= 0.3 is 6.09 Å². The number of rotatable bonds is 5. The zero-order chi connectivity index (χ0) is 23.4. The van der Waals surface area contributed by atoms with E-state index in [1.807, 2.05) is 0 Å². The zero-order valence-corrected chi connectivity index (χ0v) is 19.5. The maximum Gasteiger partial charge on any atom is 0.412 e. The van der Waals surface area contributed by atoms with Crippen LogP contribution < -0.4 is 10.2 Å². The van der Waals surface area contributed by atoms with Crippen molar-refractivity contribution in [3.8, 4) is 12.3 Å². The number of hydrogen-bond acceptors (Lipinski definition) is 6. The van der Waals surface area contributed by atoms with Gasteiger partial charge in [-0.15, -0.1) is 6.42 Å². The number of amides is 2. The van der Waals surface area contributed by atoms with Crippen molar-refractivity contribution >= 4 is 35.1 Å². The van der Waals surface area contributed by atoms with E-state index in [-0.39, 0.29) is 24.0 Å². The molecule has 1 aromatic rings. The summed E-state index contributed by atoms with van der Waals surface area (Å²) in [6.07, 6.45) is 11.9. The van der Waals surface area contributed by atoms with Crippen LogP contribution >= 0.6 is 11.6 Å². The monoisotopic (exact) mass is 474 g/mol. The summed E-state index contributed by atoms with van der Waals surface area (Å²) in [5.41, 5.74) is 0.149. The predicted molar refractivity (Wildman–Crippen MR) is 126 cm³/mol. The second-order valence-corrected chi connectivity index (χ2v) is 9.78. The third-order valence-corrected chi connectivity index (χ3v) is 7.55. The Labute approximate surface area is 199 Å². The average molecular weight is 475 g/mol. The van der Waals surface area contributed by atoms with Gasteiger partial charge in [-0.25, -0.2) is 9.78 Å². The first-order chi connectivity index (χ1) is 15.9. The van der Waals surface area contributed by atoms with Gasteiger partial charge < -0.3 is 19.6 Å². The van der Waals surface area contributed by atoms with E-state index in [9.17, 15) is 14.7 Å². The van der Waals surface area contributed by atoms with Gasteiger partial charge in [-0.1, -0.05) is 17.5 Å². The van der Waals surface area contributed by atoms with Crippen LogP contribution in [0.4, 0.5) is 16.3 Å². The summed E-state index contributed by atoms with van der Waals surface area (Å²) in [7, 11) is 0. The second kappa shape index (κ2) is 10.2. The number of terminal acetylenes is 1. The van der Waals surface area contributed by atoms with E-state index in [2.05, 4.69) is 26.0 Å². The van der Waals surface area contributed by atoms with Gasteiger partial charge in [-0.3, -0.25) is 10.1 Å². The van der Waals surface area contributed by atoms with Crippen LogP contribution in [-0.2, 0) is 9.53 Å². The highest BCUT2D eigenvalue weighted by Crippen LogP contribution is 2.43. The Morgan fingerprint density at radius 2 is 1.97 bits per heavy atom. The molecular weight excluding hydrogens is 444 g/mol. The second-order valence-electron chi connectivity index (χ2n) is 9.38. The lowest BCUT2D eigenvalue weighted by atomic mass is 9.77. The first-order valence-corrected chi connectivity index (χ1v) is 12.0. The number of carbonyl (C=O) groups excluding carboxylic acids is 2. The number of piperidine rings is 1. The predicted octanol–water partition coefficient (Wildman–Crippen LogP) is 3.29. The van der Waals surface area contributed by atoms with E-state index in [1.165, 1.54) is 6.20 Å². The summed E-state index contributed by atoms with van der Waals surface area (Å²) in [6, 6.07) is 1.63. The molecule has 1 aliphatic carbocycles. The van der Waals surface area contributed by atoms with Crippen LogP contribution in [0.5, 0.6) is 0 Å². The lowest BCUT2D eigenvalue weighted by molar-refractivity contribution is -0.137. The van der Waals surface area contributed by atoms with E-state index in [0.717, 1.165) is 58.0 Å². The van der Waals surface area contributed by atoms with Gasteiger partial charge in [0.05, 0.1) is 28.4 Å². The molecule has 9 heteroatoms. The van der Waals surface area contributed by atoms with Crippen LogP contribution in [0.25, 0.3) is 0 Å². The number of ether oxygens (including phenoxy) is 1. The largest absolute Gasteiger partial charge is 0.436 e. The topological polar surface area (TPSA) is 95.0 Å². The highest BCUT2D eigenvalue weighted by molar-refractivity contribution is 6.33.